The Morgan fingerprint density at radius 1 is 1.05 bits per heavy atom. The molecular weight excluding hydrogens is 234 g/mol. The molecule has 2 nitrogen and oxygen atoms in total. The number of ketones is 1. The molecule has 0 saturated heterocycles. The van der Waals surface area contributed by atoms with Crippen molar-refractivity contribution in [3.8, 4) is 0 Å². The summed E-state index contributed by atoms with van der Waals surface area (Å²) in [6.07, 6.45) is 6.15. The molecule has 2 heterocycles. The fraction of sp³-hybridized carbons (Fsp3) is 0.471. The van der Waals surface area contributed by atoms with Crippen molar-refractivity contribution in [1.29, 1.82) is 0 Å². The van der Waals surface area contributed by atoms with Gasteiger partial charge in [0.05, 0.1) is 6.04 Å². The van der Waals surface area contributed by atoms with Crippen molar-refractivity contribution in [2.24, 2.45) is 0 Å². The summed E-state index contributed by atoms with van der Waals surface area (Å²) in [6, 6.07) is 9.37. The number of fused-ring (bicyclic) bond motifs is 4. The summed E-state index contributed by atoms with van der Waals surface area (Å²) in [5.74, 6) is 0.415. The SMILES string of the molecule is O=C1CCCC2=C1CCC1c3ccccc3CCN21. The second kappa shape index (κ2) is 4.22. The molecule has 0 aromatic heterocycles. The van der Waals surface area contributed by atoms with Gasteiger partial charge in [-0.25, -0.2) is 0 Å². The van der Waals surface area contributed by atoms with Crippen LogP contribution in [0.3, 0.4) is 0 Å². The lowest BCUT2D eigenvalue weighted by atomic mass is 9.80. The van der Waals surface area contributed by atoms with E-state index in [1.54, 1.807) is 0 Å². The molecule has 0 bridgehead atoms. The fourth-order valence-electron chi connectivity index (χ4n) is 4.05. The van der Waals surface area contributed by atoms with Gasteiger partial charge in [-0.1, -0.05) is 24.3 Å². The fourth-order valence-corrected chi connectivity index (χ4v) is 4.05. The zero-order valence-electron chi connectivity index (χ0n) is 11.2. The van der Waals surface area contributed by atoms with E-state index >= 15 is 0 Å². The van der Waals surface area contributed by atoms with E-state index in [4.69, 9.17) is 0 Å². The highest BCUT2D eigenvalue weighted by Gasteiger charge is 2.36. The van der Waals surface area contributed by atoms with Crippen LogP contribution in [0.2, 0.25) is 0 Å². The minimum absolute atomic E-state index is 0.415. The van der Waals surface area contributed by atoms with E-state index in [1.165, 1.54) is 16.8 Å². The van der Waals surface area contributed by atoms with Crippen LogP contribution in [-0.4, -0.2) is 17.2 Å². The van der Waals surface area contributed by atoms with Crippen LogP contribution in [0, 0.1) is 0 Å². The number of benzene rings is 1. The lowest BCUT2D eigenvalue weighted by Crippen LogP contribution is -2.40. The van der Waals surface area contributed by atoms with Crippen molar-refractivity contribution < 1.29 is 4.79 Å². The standard InChI is InChI=1S/C17H19NO/c19-17-7-3-6-15-14(17)8-9-16-13-5-2-1-4-12(13)10-11-18(15)16/h1-2,4-5,16H,3,6-11H2. The van der Waals surface area contributed by atoms with Gasteiger partial charge in [-0.05, 0) is 43.2 Å². The quantitative estimate of drug-likeness (QED) is 0.706. The van der Waals surface area contributed by atoms with Gasteiger partial charge in [0.1, 0.15) is 0 Å². The predicted octanol–water partition coefficient (Wildman–Crippen LogP) is 3.39. The lowest BCUT2D eigenvalue weighted by Gasteiger charge is -2.45. The molecule has 1 unspecified atom stereocenters. The molecule has 2 aliphatic heterocycles. The molecule has 1 aromatic rings. The number of nitrogens with zero attached hydrogens (tertiary/aromatic N) is 1. The maximum atomic E-state index is 12.1. The van der Waals surface area contributed by atoms with E-state index in [0.29, 0.717) is 11.8 Å². The van der Waals surface area contributed by atoms with Crippen LogP contribution < -0.4 is 0 Å². The highest BCUT2D eigenvalue weighted by Crippen LogP contribution is 2.44. The van der Waals surface area contributed by atoms with Gasteiger partial charge in [-0.15, -0.1) is 0 Å². The normalized spacial score (nSPS) is 25.8. The van der Waals surface area contributed by atoms with Crippen molar-refractivity contribution in [3.05, 3.63) is 46.7 Å². The minimum atomic E-state index is 0.415. The first-order chi connectivity index (χ1) is 9.34. The molecule has 3 aliphatic rings. The van der Waals surface area contributed by atoms with Crippen LogP contribution in [0.15, 0.2) is 35.5 Å². The molecule has 98 valence electrons. The lowest BCUT2D eigenvalue weighted by molar-refractivity contribution is -0.116. The number of carbonyl (C=O) groups is 1. The second-order valence-corrected chi connectivity index (χ2v) is 5.90. The number of hydrogen-bond acceptors (Lipinski definition) is 2. The first kappa shape index (κ1) is 11.3. The third-order valence-corrected chi connectivity index (χ3v) is 4.93. The third-order valence-electron chi connectivity index (χ3n) is 4.93. The van der Waals surface area contributed by atoms with Crippen molar-refractivity contribution in [1.82, 2.24) is 4.90 Å². The van der Waals surface area contributed by atoms with Gasteiger partial charge in [0, 0.05) is 24.2 Å². The van der Waals surface area contributed by atoms with Crippen molar-refractivity contribution >= 4 is 5.78 Å². The topological polar surface area (TPSA) is 20.3 Å². The Labute approximate surface area is 114 Å². The second-order valence-electron chi connectivity index (χ2n) is 5.90. The molecule has 0 N–H and O–H groups in total. The maximum absolute atomic E-state index is 12.1. The highest BCUT2D eigenvalue weighted by atomic mass is 16.1. The Morgan fingerprint density at radius 3 is 2.89 bits per heavy atom. The van der Waals surface area contributed by atoms with E-state index in [9.17, 15) is 4.79 Å². The monoisotopic (exact) mass is 253 g/mol. The van der Waals surface area contributed by atoms with Crippen LogP contribution >= 0.6 is 0 Å². The Hall–Kier alpha value is -1.57. The summed E-state index contributed by atoms with van der Waals surface area (Å²) in [7, 11) is 0. The molecule has 0 fully saturated rings. The summed E-state index contributed by atoms with van der Waals surface area (Å²) in [6.45, 7) is 1.09. The van der Waals surface area contributed by atoms with Gasteiger partial charge >= 0.3 is 0 Å². The average molecular weight is 253 g/mol. The Balaban J connectivity index is 1.77. The van der Waals surface area contributed by atoms with Crippen LogP contribution in [0.5, 0.6) is 0 Å². The number of Topliss-reactive ketones (excluding diaryl/α,β-unsaturated/α-hetero) is 1. The van der Waals surface area contributed by atoms with Gasteiger partial charge in [0.2, 0.25) is 0 Å². The molecule has 1 aliphatic carbocycles. The smallest absolute Gasteiger partial charge is 0.160 e. The molecule has 2 heteroatoms. The van der Waals surface area contributed by atoms with Crippen LogP contribution in [0.1, 0.15) is 49.3 Å². The third kappa shape index (κ3) is 1.66. The minimum Gasteiger partial charge on any atom is -0.367 e. The first-order valence-electron chi connectivity index (χ1n) is 7.44. The summed E-state index contributed by atoms with van der Waals surface area (Å²) in [5, 5.41) is 0. The number of allylic oxidation sites excluding steroid dienone is 2. The largest absolute Gasteiger partial charge is 0.367 e. The molecule has 0 radical (unpaired) electrons. The van der Waals surface area contributed by atoms with E-state index in [0.717, 1.165) is 50.6 Å². The molecule has 1 aromatic carbocycles. The summed E-state index contributed by atoms with van der Waals surface area (Å²) in [5.41, 5.74) is 5.54. The van der Waals surface area contributed by atoms with Crippen molar-refractivity contribution in [2.75, 3.05) is 6.54 Å². The van der Waals surface area contributed by atoms with Gasteiger partial charge in [-0.2, -0.15) is 0 Å². The molecule has 0 amide bonds. The van der Waals surface area contributed by atoms with E-state index in [1.807, 2.05) is 0 Å². The van der Waals surface area contributed by atoms with Crippen LogP contribution in [0.25, 0.3) is 0 Å². The summed E-state index contributed by atoms with van der Waals surface area (Å²) >= 11 is 0. The number of carbonyl (C=O) groups excluding carboxylic acids is 1. The summed E-state index contributed by atoms with van der Waals surface area (Å²) < 4.78 is 0. The zero-order chi connectivity index (χ0) is 12.8. The van der Waals surface area contributed by atoms with Crippen LogP contribution in [0.4, 0.5) is 0 Å². The molecule has 1 atom stereocenters. The van der Waals surface area contributed by atoms with Crippen LogP contribution in [-0.2, 0) is 11.2 Å². The molecule has 0 saturated carbocycles. The van der Waals surface area contributed by atoms with Crippen molar-refractivity contribution in [3.63, 3.8) is 0 Å². The van der Waals surface area contributed by atoms with Crippen molar-refractivity contribution in [2.45, 2.75) is 44.6 Å². The van der Waals surface area contributed by atoms with E-state index in [-0.39, 0.29) is 0 Å². The molecule has 4 rings (SSSR count). The van der Waals surface area contributed by atoms with Gasteiger partial charge in [-0.3, -0.25) is 4.79 Å². The predicted molar refractivity (Wildman–Crippen MR) is 74.7 cm³/mol. The maximum Gasteiger partial charge on any atom is 0.160 e. The molecule has 0 spiro atoms. The number of hydrogen-bond donors (Lipinski definition) is 0. The zero-order valence-corrected chi connectivity index (χ0v) is 11.2. The molecule has 19 heavy (non-hydrogen) atoms. The highest BCUT2D eigenvalue weighted by molar-refractivity contribution is 5.97. The van der Waals surface area contributed by atoms with Gasteiger partial charge < -0.3 is 4.90 Å². The van der Waals surface area contributed by atoms with Gasteiger partial charge in [0.25, 0.3) is 0 Å². The van der Waals surface area contributed by atoms with E-state index in [2.05, 4.69) is 29.2 Å². The Kier molecular flexibility index (Phi) is 2.51. The summed E-state index contributed by atoms with van der Waals surface area (Å²) in [4.78, 5) is 14.6. The number of rotatable bonds is 0. The first-order valence-corrected chi connectivity index (χ1v) is 7.44. The Bertz CT molecular complexity index is 572. The van der Waals surface area contributed by atoms with E-state index < -0.39 is 0 Å². The Morgan fingerprint density at radius 2 is 1.95 bits per heavy atom. The molecular formula is C17H19NO. The average Bonchev–Trinajstić information content (AvgIpc) is 2.47. The van der Waals surface area contributed by atoms with Gasteiger partial charge in [0.15, 0.2) is 5.78 Å².